The van der Waals surface area contributed by atoms with E-state index in [4.69, 9.17) is 9.47 Å². The van der Waals surface area contributed by atoms with Crippen LogP contribution in [0.5, 0.6) is 0 Å². The molecular formula is C32H58O8. The number of rotatable bonds is 28. The first-order valence-electron chi connectivity index (χ1n) is 16.1. The van der Waals surface area contributed by atoms with Gasteiger partial charge in [0.15, 0.2) is 0 Å². The first-order chi connectivity index (χ1) is 19.3. The van der Waals surface area contributed by atoms with Gasteiger partial charge in [0.25, 0.3) is 5.41 Å². The molecule has 0 saturated heterocycles. The minimum Gasteiger partial charge on any atom is -0.481 e. The van der Waals surface area contributed by atoms with Crippen LogP contribution < -0.4 is 0 Å². The highest BCUT2D eigenvalue weighted by atomic mass is 16.6. The molecule has 1 unspecified atom stereocenters. The quantitative estimate of drug-likeness (QED) is 0.0549. The van der Waals surface area contributed by atoms with Gasteiger partial charge in [0.1, 0.15) is 0 Å². The van der Waals surface area contributed by atoms with Crippen LogP contribution in [0.3, 0.4) is 0 Å². The zero-order valence-electron chi connectivity index (χ0n) is 25.7. The van der Waals surface area contributed by atoms with Crippen molar-refractivity contribution >= 4 is 23.9 Å². The number of unbranched alkanes of at least 4 members (excludes halogenated alkanes) is 18. The maximum absolute atomic E-state index is 13.0. The van der Waals surface area contributed by atoms with Crippen LogP contribution in [0.4, 0.5) is 0 Å². The molecule has 0 aliphatic rings. The number of carbonyl (C=O) groups is 4. The minimum absolute atomic E-state index is 0.0634. The van der Waals surface area contributed by atoms with E-state index in [0.29, 0.717) is 12.8 Å². The van der Waals surface area contributed by atoms with Gasteiger partial charge in [-0.15, -0.1) is 0 Å². The number of carboxylic acid groups (broad SMARTS) is 2. The van der Waals surface area contributed by atoms with Crippen LogP contribution in [0.2, 0.25) is 0 Å². The molecule has 8 nitrogen and oxygen atoms in total. The van der Waals surface area contributed by atoms with Gasteiger partial charge in [-0.2, -0.15) is 0 Å². The predicted molar refractivity (Wildman–Crippen MR) is 157 cm³/mol. The van der Waals surface area contributed by atoms with Crippen molar-refractivity contribution in [3.63, 3.8) is 0 Å². The van der Waals surface area contributed by atoms with Crippen molar-refractivity contribution in [1.82, 2.24) is 0 Å². The topological polar surface area (TPSA) is 127 Å². The molecule has 1 atom stereocenters. The molecule has 0 aromatic carbocycles. The second-order valence-electron chi connectivity index (χ2n) is 11.0. The Hall–Kier alpha value is -2.12. The average Bonchev–Trinajstić information content (AvgIpc) is 2.92. The molecule has 0 aromatic rings. The van der Waals surface area contributed by atoms with E-state index in [2.05, 4.69) is 13.8 Å². The summed E-state index contributed by atoms with van der Waals surface area (Å²) in [5.41, 5.74) is -2.92. The van der Waals surface area contributed by atoms with E-state index in [-0.39, 0.29) is 19.6 Å². The molecule has 0 amide bonds. The van der Waals surface area contributed by atoms with Crippen molar-refractivity contribution in [2.45, 2.75) is 156 Å². The molecule has 0 rings (SSSR count). The molecule has 0 aliphatic carbocycles. The summed E-state index contributed by atoms with van der Waals surface area (Å²) in [6, 6.07) is 0. The fraction of sp³-hybridized carbons (Fsp3) is 0.875. The van der Waals surface area contributed by atoms with Gasteiger partial charge in [-0.1, -0.05) is 136 Å². The summed E-state index contributed by atoms with van der Waals surface area (Å²) in [4.78, 5) is 50.4. The Bertz CT molecular complexity index is 652. The van der Waals surface area contributed by atoms with E-state index in [1.165, 1.54) is 71.1 Å². The van der Waals surface area contributed by atoms with E-state index in [1.54, 1.807) is 0 Å². The van der Waals surface area contributed by atoms with Gasteiger partial charge in [0.2, 0.25) is 0 Å². The number of esters is 2. The first-order valence-corrected chi connectivity index (χ1v) is 16.1. The largest absolute Gasteiger partial charge is 0.481 e. The van der Waals surface area contributed by atoms with Crippen LogP contribution in [0.15, 0.2) is 0 Å². The van der Waals surface area contributed by atoms with Gasteiger partial charge in [0.05, 0.1) is 19.1 Å². The van der Waals surface area contributed by atoms with Crippen LogP contribution >= 0.6 is 0 Å². The third-order valence-corrected chi connectivity index (χ3v) is 7.67. The third-order valence-electron chi connectivity index (χ3n) is 7.67. The van der Waals surface area contributed by atoms with Gasteiger partial charge in [-0.3, -0.25) is 19.2 Å². The molecule has 0 aliphatic heterocycles. The molecule has 0 heterocycles. The van der Waals surface area contributed by atoms with Gasteiger partial charge < -0.3 is 19.7 Å². The molecule has 2 N–H and O–H groups in total. The van der Waals surface area contributed by atoms with Gasteiger partial charge in [-0.25, -0.2) is 0 Å². The number of hydrogen-bond acceptors (Lipinski definition) is 6. The smallest absolute Gasteiger partial charge is 0.336 e. The predicted octanol–water partition coefficient (Wildman–Crippen LogP) is 8.10. The number of ether oxygens (including phenoxy) is 2. The lowest BCUT2D eigenvalue weighted by molar-refractivity contribution is -0.191. The number of carbonyl (C=O) groups excluding carboxylic acids is 2. The lowest BCUT2D eigenvalue weighted by Crippen LogP contribution is -2.55. The molecule has 0 radical (unpaired) electrons. The monoisotopic (exact) mass is 570 g/mol. The van der Waals surface area contributed by atoms with E-state index in [9.17, 15) is 29.4 Å². The van der Waals surface area contributed by atoms with Crippen molar-refractivity contribution in [2.75, 3.05) is 13.2 Å². The average molecular weight is 571 g/mol. The SMILES string of the molecule is CCCCCCCCCCCCOC(=O)C(C(=O)O)(C(=O)OCCCCCCCCCCCC)C(CC)C(=O)O. The minimum atomic E-state index is -2.92. The maximum atomic E-state index is 13.0. The Morgan fingerprint density at radius 2 is 0.825 bits per heavy atom. The summed E-state index contributed by atoms with van der Waals surface area (Å²) in [5, 5.41) is 19.7. The highest BCUT2D eigenvalue weighted by Gasteiger charge is 2.64. The third kappa shape index (κ3) is 15.0. The van der Waals surface area contributed by atoms with Gasteiger partial charge in [-0.05, 0) is 19.3 Å². The van der Waals surface area contributed by atoms with Crippen LogP contribution in [0, 0.1) is 11.3 Å². The fourth-order valence-electron chi connectivity index (χ4n) is 5.09. The van der Waals surface area contributed by atoms with Crippen LogP contribution in [-0.2, 0) is 28.7 Å². The Morgan fingerprint density at radius 1 is 0.525 bits per heavy atom. The molecular weight excluding hydrogens is 512 g/mol. The molecule has 0 saturated carbocycles. The Labute approximate surface area is 243 Å². The van der Waals surface area contributed by atoms with E-state index in [1.807, 2.05) is 0 Å². The summed E-state index contributed by atoms with van der Waals surface area (Å²) in [7, 11) is 0. The van der Waals surface area contributed by atoms with Gasteiger partial charge in [0, 0.05) is 0 Å². The normalized spacial score (nSPS) is 12.2. The van der Waals surface area contributed by atoms with Crippen molar-refractivity contribution in [2.24, 2.45) is 11.3 Å². The van der Waals surface area contributed by atoms with Crippen LogP contribution in [-0.4, -0.2) is 47.3 Å². The Kier molecular flexibility index (Phi) is 23.4. The number of aliphatic carboxylic acids is 2. The van der Waals surface area contributed by atoms with E-state index < -0.39 is 35.2 Å². The van der Waals surface area contributed by atoms with Gasteiger partial charge >= 0.3 is 23.9 Å². The Morgan fingerprint density at radius 3 is 1.07 bits per heavy atom. The molecule has 8 heteroatoms. The van der Waals surface area contributed by atoms with E-state index in [0.717, 1.165) is 51.4 Å². The first kappa shape index (κ1) is 37.9. The second-order valence-corrected chi connectivity index (χ2v) is 11.0. The molecule has 0 spiro atoms. The fourth-order valence-corrected chi connectivity index (χ4v) is 5.09. The highest BCUT2D eigenvalue weighted by Crippen LogP contribution is 2.35. The molecule has 0 bridgehead atoms. The summed E-state index contributed by atoms with van der Waals surface area (Å²) in [5.74, 6) is -7.87. The number of hydrogen-bond donors (Lipinski definition) is 2. The number of carboxylic acids is 2. The lowest BCUT2D eigenvalue weighted by atomic mass is 9.73. The second kappa shape index (κ2) is 24.7. The zero-order valence-corrected chi connectivity index (χ0v) is 25.7. The lowest BCUT2D eigenvalue weighted by Gasteiger charge is -2.30. The van der Waals surface area contributed by atoms with Crippen molar-refractivity contribution in [1.29, 1.82) is 0 Å². The molecule has 40 heavy (non-hydrogen) atoms. The maximum Gasteiger partial charge on any atom is 0.336 e. The molecule has 0 fully saturated rings. The summed E-state index contributed by atoms with van der Waals surface area (Å²) < 4.78 is 10.4. The van der Waals surface area contributed by atoms with Crippen LogP contribution in [0.25, 0.3) is 0 Å². The van der Waals surface area contributed by atoms with Crippen LogP contribution in [0.1, 0.15) is 156 Å². The van der Waals surface area contributed by atoms with Crippen molar-refractivity contribution < 1.29 is 38.9 Å². The zero-order chi connectivity index (χ0) is 30.1. The molecule has 0 aromatic heterocycles. The standard InChI is InChI=1S/C32H58O8/c1-4-7-9-11-13-15-17-19-21-23-25-39-30(37)32(29(35)36,27(6-3)28(33)34)31(38)40-26-24-22-20-18-16-14-12-10-8-5-2/h27H,4-26H2,1-3H3,(H,33,34)(H,35,36). The summed E-state index contributed by atoms with van der Waals surface area (Å²) >= 11 is 0. The Balaban J connectivity index is 4.74. The summed E-state index contributed by atoms with van der Waals surface area (Å²) in [6.45, 7) is 5.69. The van der Waals surface area contributed by atoms with Crippen molar-refractivity contribution in [3.8, 4) is 0 Å². The summed E-state index contributed by atoms with van der Waals surface area (Å²) in [6.07, 6.45) is 21.3. The molecule has 234 valence electrons. The van der Waals surface area contributed by atoms with Crippen molar-refractivity contribution in [3.05, 3.63) is 0 Å². The van der Waals surface area contributed by atoms with E-state index >= 15 is 0 Å². The highest BCUT2D eigenvalue weighted by molar-refractivity contribution is 6.19.